The highest BCUT2D eigenvalue weighted by Crippen LogP contribution is 2.42. The quantitative estimate of drug-likeness (QED) is 0.452. The number of benzene rings is 1. The first kappa shape index (κ1) is 21.1. The molecule has 8 heteroatoms. The van der Waals surface area contributed by atoms with Crippen molar-refractivity contribution in [2.75, 3.05) is 5.73 Å². The maximum absolute atomic E-state index is 14.3. The molecule has 33 heavy (non-hydrogen) atoms. The fourth-order valence-corrected chi connectivity index (χ4v) is 4.53. The Kier molecular flexibility index (Phi) is 5.09. The molecule has 0 fully saturated rings. The van der Waals surface area contributed by atoms with E-state index in [4.69, 9.17) is 10.5 Å². The summed E-state index contributed by atoms with van der Waals surface area (Å²) in [5.41, 5.74) is 11.4. The van der Waals surface area contributed by atoms with E-state index in [1.807, 2.05) is 27.0 Å². The number of aliphatic hydroxyl groups excluding tert-OH is 1. The summed E-state index contributed by atoms with van der Waals surface area (Å²) in [4.78, 5) is 8.90. The van der Waals surface area contributed by atoms with Crippen LogP contribution in [0.3, 0.4) is 0 Å². The summed E-state index contributed by atoms with van der Waals surface area (Å²) in [6.07, 6.45) is 2.38. The van der Waals surface area contributed by atoms with E-state index >= 15 is 0 Å². The second kappa shape index (κ2) is 7.97. The van der Waals surface area contributed by atoms with Crippen molar-refractivity contribution in [3.05, 3.63) is 77.1 Å². The molecule has 5 rings (SSSR count). The van der Waals surface area contributed by atoms with E-state index in [9.17, 15) is 9.50 Å². The van der Waals surface area contributed by atoms with Gasteiger partial charge in [0.1, 0.15) is 23.7 Å². The fraction of sp³-hybridized carbons (Fsp3) is 0.240. The molecule has 0 radical (unpaired) electrons. The first-order chi connectivity index (χ1) is 15.9. The molecule has 0 amide bonds. The lowest BCUT2D eigenvalue weighted by molar-refractivity contribution is 0.214. The monoisotopic (exact) mass is 445 g/mol. The fourth-order valence-electron chi connectivity index (χ4n) is 4.53. The summed E-state index contributed by atoms with van der Waals surface area (Å²) in [6.45, 7) is 3.85. The molecule has 1 unspecified atom stereocenters. The molecule has 0 spiro atoms. The Morgan fingerprint density at radius 2 is 2.00 bits per heavy atom. The van der Waals surface area contributed by atoms with Crippen molar-refractivity contribution in [1.29, 1.82) is 0 Å². The molecule has 1 aliphatic heterocycles. The van der Waals surface area contributed by atoms with Gasteiger partial charge in [0.2, 0.25) is 0 Å². The second-order valence-electron chi connectivity index (χ2n) is 8.13. The first-order valence-electron chi connectivity index (χ1n) is 10.8. The van der Waals surface area contributed by atoms with Gasteiger partial charge in [-0.05, 0) is 43.7 Å². The van der Waals surface area contributed by atoms with Crippen LogP contribution in [-0.4, -0.2) is 24.9 Å². The molecule has 4 heterocycles. The van der Waals surface area contributed by atoms with E-state index in [-0.39, 0.29) is 5.82 Å². The van der Waals surface area contributed by atoms with Crippen LogP contribution in [0, 0.1) is 5.82 Å². The molecule has 1 aromatic carbocycles. The molecule has 4 aromatic rings. The summed E-state index contributed by atoms with van der Waals surface area (Å²) < 4.78 is 22.3. The Hall–Kier alpha value is -3.78. The van der Waals surface area contributed by atoms with Crippen molar-refractivity contribution < 1.29 is 14.2 Å². The number of nitrogens with zero attached hydrogens (tertiary/aromatic N) is 4. The molecular formula is C25H24FN5O2. The average molecular weight is 445 g/mol. The number of nitrogens with two attached hydrogens (primary N) is 1. The van der Waals surface area contributed by atoms with Crippen LogP contribution in [0.25, 0.3) is 22.4 Å². The van der Waals surface area contributed by atoms with Crippen molar-refractivity contribution in [3.63, 3.8) is 0 Å². The number of fused-ring (bicyclic) bond motifs is 7. The summed E-state index contributed by atoms with van der Waals surface area (Å²) in [7, 11) is 1.85. The lowest BCUT2D eigenvalue weighted by Crippen LogP contribution is -2.11. The zero-order valence-electron chi connectivity index (χ0n) is 18.6. The topological polar surface area (TPSA) is 99.1 Å². The van der Waals surface area contributed by atoms with Gasteiger partial charge in [-0.15, -0.1) is 0 Å². The standard InChI is InChI=1S/C25H24FN5O2/c1-4-19-21-14-10-20(25(27)29-12-14)33-13(2)18-11-15(26)7-8-16(18)22-17(6-5-9-28-22)24(32)23(21)30-31(19)3/h5-13,24,32H,4H2,1-3H3,(H2,27,29)/t13-,24?/m1/s1. The molecule has 0 saturated heterocycles. The van der Waals surface area contributed by atoms with Crippen molar-refractivity contribution >= 4 is 5.82 Å². The van der Waals surface area contributed by atoms with Gasteiger partial charge in [0.05, 0.1) is 5.69 Å². The third kappa shape index (κ3) is 3.43. The number of ether oxygens (including phenoxy) is 1. The largest absolute Gasteiger partial charge is 0.482 e. The second-order valence-corrected chi connectivity index (χ2v) is 8.13. The average Bonchev–Trinajstić information content (AvgIpc) is 3.15. The molecule has 0 saturated carbocycles. The van der Waals surface area contributed by atoms with E-state index in [0.717, 1.165) is 16.8 Å². The summed E-state index contributed by atoms with van der Waals surface area (Å²) in [5.74, 6) is 0.209. The van der Waals surface area contributed by atoms with Crippen molar-refractivity contribution in [1.82, 2.24) is 19.7 Å². The number of rotatable bonds is 1. The van der Waals surface area contributed by atoms with Gasteiger partial charge in [0.15, 0.2) is 11.6 Å². The van der Waals surface area contributed by atoms with Gasteiger partial charge >= 0.3 is 0 Å². The Bertz CT molecular complexity index is 1370. The number of aromatic nitrogens is 4. The number of anilines is 1. The van der Waals surface area contributed by atoms with Gasteiger partial charge in [-0.2, -0.15) is 5.10 Å². The van der Waals surface area contributed by atoms with Gasteiger partial charge in [0.25, 0.3) is 0 Å². The van der Waals surface area contributed by atoms with Crippen LogP contribution < -0.4 is 10.5 Å². The summed E-state index contributed by atoms with van der Waals surface area (Å²) >= 11 is 0. The van der Waals surface area contributed by atoms with Crippen LogP contribution >= 0.6 is 0 Å². The lowest BCUT2D eigenvalue weighted by Gasteiger charge is -2.23. The predicted octanol–water partition coefficient (Wildman–Crippen LogP) is 4.36. The van der Waals surface area contributed by atoms with Crippen molar-refractivity contribution in [2.45, 2.75) is 32.5 Å². The summed E-state index contributed by atoms with van der Waals surface area (Å²) in [5, 5.41) is 16.3. The number of halogens is 1. The third-order valence-electron chi connectivity index (χ3n) is 6.10. The zero-order valence-corrected chi connectivity index (χ0v) is 18.6. The van der Waals surface area contributed by atoms with Gasteiger partial charge in [0, 0.05) is 53.0 Å². The Balaban J connectivity index is 1.88. The van der Waals surface area contributed by atoms with Gasteiger partial charge < -0.3 is 15.6 Å². The van der Waals surface area contributed by atoms with Crippen LogP contribution in [0.5, 0.6) is 5.75 Å². The minimum absolute atomic E-state index is 0.225. The Labute approximate surface area is 190 Å². The van der Waals surface area contributed by atoms with E-state index < -0.39 is 18.0 Å². The smallest absolute Gasteiger partial charge is 0.166 e. The number of aliphatic hydroxyl groups is 1. The van der Waals surface area contributed by atoms with Crippen molar-refractivity contribution in [2.24, 2.45) is 7.05 Å². The maximum Gasteiger partial charge on any atom is 0.166 e. The van der Waals surface area contributed by atoms with E-state index in [1.165, 1.54) is 12.1 Å². The Morgan fingerprint density at radius 1 is 1.18 bits per heavy atom. The number of nitrogen functional groups attached to an aromatic ring is 1. The highest BCUT2D eigenvalue weighted by atomic mass is 19.1. The molecule has 2 bridgehead atoms. The first-order valence-corrected chi connectivity index (χ1v) is 10.8. The van der Waals surface area contributed by atoms with Crippen LogP contribution in [-0.2, 0) is 13.5 Å². The zero-order chi connectivity index (χ0) is 23.3. The van der Waals surface area contributed by atoms with Crippen LogP contribution in [0.15, 0.2) is 48.8 Å². The highest BCUT2D eigenvalue weighted by Gasteiger charge is 2.29. The molecule has 0 aliphatic carbocycles. The van der Waals surface area contributed by atoms with E-state index in [1.54, 1.807) is 35.3 Å². The molecule has 1 aliphatic rings. The van der Waals surface area contributed by atoms with Gasteiger partial charge in [-0.1, -0.05) is 13.0 Å². The third-order valence-corrected chi connectivity index (χ3v) is 6.10. The van der Waals surface area contributed by atoms with Gasteiger partial charge in [-0.25, -0.2) is 9.37 Å². The Morgan fingerprint density at radius 3 is 2.79 bits per heavy atom. The number of hydrogen-bond donors (Lipinski definition) is 2. The maximum atomic E-state index is 14.3. The number of hydrogen-bond acceptors (Lipinski definition) is 6. The van der Waals surface area contributed by atoms with Crippen LogP contribution in [0.1, 0.15) is 48.6 Å². The van der Waals surface area contributed by atoms with E-state index in [2.05, 4.69) is 15.1 Å². The molecule has 3 aromatic heterocycles. The minimum atomic E-state index is -1.07. The van der Waals surface area contributed by atoms with Crippen LogP contribution in [0.2, 0.25) is 0 Å². The molecule has 7 nitrogen and oxygen atoms in total. The highest BCUT2D eigenvalue weighted by molar-refractivity contribution is 5.75. The number of pyridine rings is 2. The van der Waals surface area contributed by atoms with Crippen LogP contribution in [0.4, 0.5) is 10.2 Å². The number of aryl methyl sites for hydroxylation is 1. The molecule has 2 atom stereocenters. The lowest BCUT2D eigenvalue weighted by atomic mass is 9.91. The van der Waals surface area contributed by atoms with Gasteiger partial charge in [-0.3, -0.25) is 9.67 Å². The predicted molar refractivity (Wildman–Crippen MR) is 123 cm³/mol. The normalized spacial score (nSPS) is 17.1. The van der Waals surface area contributed by atoms with Crippen molar-refractivity contribution in [3.8, 4) is 28.1 Å². The molecule has 3 N–H and O–H groups in total. The molecule has 168 valence electrons. The van der Waals surface area contributed by atoms with E-state index in [0.29, 0.717) is 40.2 Å². The minimum Gasteiger partial charge on any atom is -0.482 e. The molecular weight excluding hydrogens is 421 g/mol. The SMILES string of the molecule is CCc1c2c(nn1C)C(O)c1cccnc1-c1ccc(F)cc1[C@@H](C)Oc1cc-2cnc1N. The summed E-state index contributed by atoms with van der Waals surface area (Å²) in [6, 6.07) is 9.84.